The average Bonchev–Trinajstić information content (AvgIpc) is 2.90. The van der Waals surface area contributed by atoms with Crippen molar-refractivity contribution >= 4 is 28.9 Å². The van der Waals surface area contributed by atoms with E-state index in [2.05, 4.69) is 23.0 Å². The molecule has 0 aromatic heterocycles. The first-order chi connectivity index (χ1) is 11.5. The van der Waals surface area contributed by atoms with Crippen molar-refractivity contribution in [1.82, 2.24) is 15.1 Å². The average molecular weight is 344 g/mol. The number of aryl methyl sites for hydroxylation is 1. The van der Waals surface area contributed by atoms with Crippen LogP contribution >= 0.6 is 11.8 Å². The number of urea groups is 1. The van der Waals surface area contributed by atoms with E-state index < -0.39 is 18.2 Å². The number of benzene rings is 1. The molecule has 1 saturated heterocycles. The largest absolute Gasteiger partial charge is 0.331 e. The maximum absolute atomic E-state index is 12.4. The fourth-order valence-corrected chi connectivity index (χ4v) is 3.72. The number of likely N-dealkylation sites (N-methyl/N-ethyl adjacent to an activating group) is 1. The van der Waals surface area contributed by atoms with Crippen LogP contribution in [-0.4, -0.2) is 51.9 Å². The van der Waals surface area contributed by atoms with Gasteiger partial charge in [0.25, 0.3) is 5.91 Å². The summed E-state index contributed by atoms with van der Waals surface area (Å²) in [6.45, 7) is 6.35. The van der Waals surface area contributed by atoms with Crippen molar-refractivity contribution in [2.45, 2.75) is 25.7 Å². The van der Waals surface area contributed by atoms with Gasteiger partial charge in [0, 0.05) is 19.3 Å². The molecular weight excluding hydrogens is 324 g/mol. The number of carbonyl (C=O) groups is 2. The second kappa shape index (κ2) is 6.68. The molecular formula is C17H20N4O2S. The molecule has 3 rings (SSSR count). The van der Waals surface area contributed by atoms with Crippen molar-refractivity contribution in [2.75, 3.05) is 12.8 Å². The molecule has 7 heteroatoms. The van der Waals surface area contributed by atoms with Gasteiger partial charge in [-0.2, -0.15) is 0 Å². The van der Waals surface area contributed by atoms with E-state index in [1.165, 1.54) is 22.2 Å². The third-order valence-corrected chi connectivity index (χ3v) is 5.09. The molecule has 2 unspecified atom stereocenters. The Kier molecular flexibility index (Phi) is 4.62. The van der Waals surface area contributed by atoms with Crippen LogP contribution in [0.25, 0.3) is 0 Å². The van der Waals surface area contributed by atoms with Crippen LogP contribution < -0.4 is 5.32 Å². The van der Waals surface area contributed by atoms with Gasteiger partial charge < -0.3 is 9.80 Å². The lowest BCUT2D eigenvalue weighted by atomic mass is 10.1. The number of thioether (sulfide) groups is 1. The van der Waals surface area contributed by atoms with Gasteiger partial charge in [-0.05, 0) is 12.5 Å². The van der Waals surface area contributed by atoms with E-state index in [1.54, 1.807) is 13.1 Å². The molecule has 24 heavy (non-hydrogen) atoms. The number of nitrogens with zero attached hydrogens (tertiary/aromatic N) is 3. The zero-order valence-electron chi connectivity index (χ0n) is 13.7. The number of aliphatic imine (C=N–C) groups is 1. The van der Waals surface area contributed by atoms with Crippen LogP contribution in [0.15, 0.2) is 41.9 Å². The van der Waals surface area contributed by atoms with Gasteiger partial charge in [0.2, 0.25) is 0 Å². The number of imide groups is 1. The highest BCUT2D eigenvalue weighted by atomic mass is 32.2. The van der Waals surface area contributed by atoms with Gasteiger partial charge in [-0.3, -0.25) is 10.1 Å². The van der Waals surface area contributed by atoms with Gasteiger partial charge in [-0.15, -0.1) is 6.58 Å². The van der Waals surface area contributed by atoms with Gasteiger partial charge in [0.05, 0.1) is 0 Å². The molecule has 0 aliphatic carbocycles. The molecule has 1 aromatic carbocycles. The fourth-order valence-electron chi connectivity index (χ4n) is 2.93. The highest BCUT2D eigenvalue weighted by molar-refractivity contribution is 8.13. The first kappa shape index (κ1) is 16.6. The summed E-state index contributed by atoms with van der Waals surface area (Å²) >= 11 is 1.53. The van der Waals surface area contributed by atoms with E-state index in [1.807, 2.05) is 30.0 Å². The highest BCUT2D eigenvalue weighted by Gasteiger charge is 2.48. The Balaban J connectivity index is 1.91. The molecule has 6 nitrogen and oxygen atoms in total. The number of amidine groups is 1. The number of hydrogen-bond acceptors (Lipinski definition) is 5. The fraction of sp³-hybridized carbons (Fsp3) is 0.353. The number of carbonyl (C=O) groups excluding carboxylic acids is 2. The van der Waals surface area contributed by atoms with Crippen molar-refractivity contribution in [2.24, 2.45) is 4.99 Å². The van der Waals surface area contributed by atoms with Crippen molar-refractivity contribution in [1.29, 1.82) is 0 Å². The first-order valence-corrected chi connectivity index (χ1v) is 8.71. The van der Waals surface area contributed by atoms with Crippen molar-refractivity contribution < 1.29 is 9.59 Å². The molecule has 126 valence electrons. The second-order valence-corrected chi connectivity index (χ2v) is 6.88. The molecule has 0 spiro atoms. The molecule has 2 aliphatic rings. The Morgan fingerprint density at radius 2 is 2.21 bits per heavy atom. The zero-order chi connectivity index (χ0) is 17.3. The van der Waals surface area contributed by atoms with Crippen LogP contribution in [0.2, 0.25) is 0 Å². The minimum Gasteiger partial charge on any atom is -0.331 e. The molecule has 3 amide bonds. The number of fused-ring (bicyclic) bond motifs is 1. The van der Waals surface area contributed by atoms with E-state index in [9.17, 15) is 9.59 Å². The first-order valence-electron chi connectivity index (χ1n) is 7.72. The molecule has 2 atom stereocenters. The Hall–Kier alpha value is -2.28. The lowest BCUT2D eigenvalue weighted by molar-refractivity contribution is -0.127. The Labute approximate surface area is 145 Å². The maximum Gasteiger partial charge on any atom is 0.325 e. The maximum atomic E-state index is 12.4. The summed E-state index contributed by atoms with van der Waals surface area (Å²) in [5.41, 5.74) is 2.27. The molecule has 0 radical (unpaired) electrons. The number of nitrogens with one attached hydrogen (secondary N) is 1. The molecule has 0 saturated carbocycles. The van der Waals surface area contributed by atoms with Crippen LogP contribution in [0.4, 0.5) is 4.79 Å². The van der Waals surface area contributed by atoms with E-state index in [4.69, 9.17) is 0 Å². The van der Waals surface area contributed by atoms with E-state index >= 15 is 0 Å². The number of amides is 3. The van der Waals surface area contributed by atoms with Crippen LogP contribution in [0.5, 0.6) is 0 Å². The second-order valence-electron chi connectivity index (χ2n) is 5.89. The quantitative estimate of drug-likeness (QED) is 0.848. The summed E-state index contributed by atoms with van der Waals surface area (Å²) in [5.74, 6) is 0.399. The lowest BCUT2D eigenvalue weighted by Crippen LogP contribution is -2.63. The highest BCUT2D eigenvalue weighted by Crippen LogP contribution is 2.30. The van der Waals surface area contributed by atoms with E-state index in [0.29, 0.717) is 12.3 Å². The lowest BCUT2D eigenvalue weighted by Gasteiger charge is -2.36. The van der Waals surface area contributed by atoms with Crippen LogP contribution in [0, 0.1) is 6.92 Å². The summed E-state index contributed by atoms with van der Waals surface area (Å²) in [5, 5.41) is 3.17. The Morgan fingerprint density at radius 3 is 2.92 bits per heavy atom. The minimum atomic E-state index is -0.500. The minimum absolute atomic E-state index is 0.297. The molecule has 1 fully saturated rings. The Morgan fingerprint density at radius 1 is 1.42 bits per heavy atom. The zero-order valence-corrected chi connectivity index (χ0v) is 14.5. The third kappa shape index (κ3) is 3.03. The number of hydrogen-bond donors (Lipinski definition) is 1. The molecule has 1 aromatic rings. The molecule has 2 aliphatic heterocycles. The van der Waals surface area contributed by atoms with Crippen molar-refractivity contribution in [3.8, 4) is 0 Å². The van der Waals surface area contributed by atoms with Gasteiger partial charge in [0.15, 0.2) is 17.4 Å². The van der Waals surface area contributed by atoms with Crippen LogP contribution in [-0.2, 0) is 11.3 Å². The number of rotatable bonds is 4. The predicted octanol–water partition coefficient (Wildman–Crippen LogP) is 1.96. The van der Waals surface area contributed by atoms with Crippen LogP contribution in [0.1, 0.15) is 11.1 Å². The summed E-state index contributed by atoms with van der Waals surface area (Å²) in [4.78, 5) is 32.4. The summed E-state index contributed by atoms with van der Waals surface area (Å²) in [6, 6.07) is 7.26. The van der Waals surface area contributed by atoms with Crippen LogP contribution in [0.3, 0.4) is 0 Å². The van der Waals surface area contributed by atoms with Gasteiger partial charge in [0.1, 0.15) is 0 Å². The van der Waals surface area contributed by atoms with Gasteiger partial charge in [-0.25, -0.2) is 9.79 Å². The summed E-state index contributed by atoms with van der Waals surface area (Å²) in [7, 11) is 1.66. The Bertz CT molecular complexity index is 718. The molecule has 1 N–H and O–H groups in total. The van der Waals surface area contributed by atoms with Gasteiger partial charge in [-0.1, -0.05) is 47.7 Å². The smallest absolute Gasteiger partial charge is 0.325 e. The monoisotopic (exact) mass is 344 g/mol. The topological polar surface area (TPSA) is 65.0 Å². The molecule has 2 heterocycles. The summed E-state index contributed by atoms with van der Waals surface area (Å²) in [6.07, 6.45) is 1.32. The van der Waals surface area contributed by atoms with Crippen molar-refractivity contribution in [3.63, 3.8) is 0 Å². The molecule has 0 bridgehead atoms. The van der Waals surface area contributed by atoms with Crippen molar-refractivity contribution in [3.05, 3.63) is 48.0 Å². The van der Waals surface area contributed by atoms with E-state index in [0.717, 1.165) is 10.7 Å². The van der Waals surface area contributed by atoms with Gasteiger partial charge >= 0.3 is 6.03 Å². The third-order valence-electron chi connectivity index (χ3n) is 4.09. The normalized spacial score (nSPS) is 23.0. The SMILES string of the molecule is C=CCSC1=NC2C(C(=O)NC(=O)N2C)N1Cc1cccc(C)c1. The predicted molar refractivity (Wildman–Crippen MR) is 95.7 cm³/mol. The van der Waals surface area contributed by atoms with E-state index in [-0.39, 0.29) is 5.91 Å². The standard InChI is InChI=1S/C17H20N4O2S/c1-4-8-24-17-18-14-13(15(22)19-16(23)20(14)3)21(17)10-12-7-5-6-11(2)9-12/h4-7,9,13-14H,1,8,10H2,2-3H3,(H,19,22,23). The summed E-state index contributed by atoms with van der Waals surface area (Å²) < 4.78 is 0.